The van der Waals surface area contributed by atoms with Gasteiger partial charge in [0, 0.05) is 12.2 Å². The van der Waals surface area contributed by atoms with E-state index in [9.17, 15) is 19.7 Å². The first-order valence-electron chi connectivity index (χ1n) is 6.33. The van der Waals surface area contributed by atoms with Crippen molar-refractivity contribution in [2.75, 3.05) is 12.4 Å². The van der Waals surface area contributed by atoms with Gasteiger partial charge in [0.25, 0.3) is 0 Å². The number of hydrogen-bond acceptors (Lipinski definition) is 7. The number of aromatic nitrogens is 2. The lowest BCUT2D eigenvalue weighted by Gasteiger charge is -2.14. The molecule has 22 heavy (non-hydrogen) atoms. The number of thiol groups is 1. The Morgan fingerprint density at radius 3 is 2.82 bits per heavy atom. The van der Waals surface area contributed by atoms with E-state index in [1.807, 2.05) is 0 Å². The third-order valence-corrected chi connectivity index (χ3v) is 3.45. The minimum atomic E-state index is -0.825. The van der Waals surface area contributed by atoms with E-state index in [0.717, 1.165) is 0 Å². The summed E-state index contributed by atoms with van der Waals surface area (Å²) >= 11 is 7.00. The number of aryl methyl sites for hydroxylation is 1. The molecule has 9 nitrogen and oxygen atoms in total. The number of esters is 1. The summed E-state index contributed by atoms with van der Waals surface area (Å²) in [6.45, 7) is 2.02. The fourth-order valence-electron chi connectivity index (χ4n) is 1.53. The maximum atomic E-state index is 11.8. The van der Waals surface area contributed by atoms with Crippen molar-refractivity contribution in [2.45, 2.75) is 25.9 Å². The highest BCUT2D eigenvalue weighted by molar-refractivity contribution is 9.10. The number of nitrogens with zero attached hydrogens (tertiary/aromatic N) is 3. The highest BCUT2D eigenvalue weighted by Crippen LogP contribution is 2.21. The second-order valence-electron chi connectivity index (χ2n) is 4.13. The highest BCUT2D eigenvalue weighted by Gasteiger charge is 2.22. The second-order valence-corrected chi connectivity index (χ2v) is 5.35. The third kappa shape index (κ3) is 5.30. The van der Waals surface area contributed by atoms with Gasteiger partial charge < -0.3 is 20.2 Å². The Morgan fingerprint density at radius 2 is 2.32 bits per heavy atom. The molecule has 0 radical (unpaired) electrons. The number of carbonyl (C=O) groups is 2. The number of ether oxygens (including phenoxy) is 1. The number of amides is 1. The standard InChI is InChI=1S/C11H15BrN4O5S/c1-2-21-11(18)8(6-22)13-9(17)3-4-15-5-7(12)10(14-15)16(19)20/h5,8,22H,2-4,6H2,1H3,(H,13,17)/t8-/m0/s1. The normalized spacial score (nSPS) is 11.8. The van der Waals surface area contributed by atoms with E-state index in [0.29, 0.717) is 0 Å². The van der Waals surface area contributed by atoms with Crippen LogP contribution in [0.2, 0.25) is 0 Å². The summed E-state index contributed by atoms with van der Waals surface area (Å²) in [4.78, 5) is 33.3. The number of halogens is 1. The van der Waals surface area contributed by atoms with Crippen LogP contribution in [0, 0.1) is 10.1 Å². The minimum Gasteiger partial charge on any atom is -0.464 e. The van der Waals surface area contributed by atoms with E-state index in [1.165, 1.54) is 10.9 Å². The van der Waals surface area contributed by atoms with Gasteiger partial charge >= 0.3 is 11.8 Å². The lowest BCUT2D eigenvalue weighted by molar-refractivity contribution is -0.390. The number of nitrogens with one attached hydrogen (secondary N) is 1. The van der Waals surface area contributed by atoms with E-state index in [1.54, 1.807) is 6.92 Å². The van der Waals surface area contributed by atoms with Gasteiger partial charge in [-0.3, -0.25) is 4.79 Å². The highest BCUT2D eigenvalue weighted by atomic mass is 79.9. The van der Waals surface area contributed by atoms with Crippen molar-refractivity contribution >= 4 is 46.3 Å². The zero-order valence-corrected chi connectivity index (χ0v) is 14.2. The average molecular weight is 395 g/mol. The summed E-state index contributed by atoms with van der Waals surface area (Å²) in [7, 11) is 0. The number of nitro groups is 1. The van der Waals surface area contributed by atoms with Crippen LogP contribution in [0.25, 0.3) is 0 Å². The summed E-state index contributed by atoms with van der Waals surface area (Å²) in [5.41, 5.74) is 0. The Hall–Kier alpha value is -1.62. The van der Waals surface area contributed by atoms with Crippen LogP contribution >= 0.6 is 28.6 Å². The maximum absolute atomic E-state index is 11.8. The van der Waals surface area contributed by atoms with Crippen molar-refractivity contribution < 1.29 is 19.2 Å². The minimum absolute atomic E-state index is 0.00889. The molecule has 0 saturated heterocycles. The molecule has 1 heterocycles. The number of carbonyl (C=O) groups excluding carboxylic acids is 2. The van der Waals surface area contributed by atoms with Gasteiger partial charge in [-0.05, 0) is 27.8 Å². The Labute approximate surface area is 140 Å². The molecule has 1 N–H and O–H groups in total. The van der Waals surface area contributed by atoms with E-state index in [2.05, 4.69) is 39.0 Å². The van der Waals surface area contributed by atoms with Crippen LogP contribution in [0.4, 0.5) is 5.82 Å². The zero-order valence-electron chi connectivity index (χ0n) is 11.7. The first kappa shape index (κ1) is 18.4. The molecule has 1 aromatic heterocycles. The van der Waals surface area contributed by atoms with Gasteiger partial charge in [0.15, 0.2) is 0 Å². The fraction of sp³-hybridized carbons (Fsp3) is 0.545. The van der Waals surface area contributed by atoms with Crippen LogP contribution in [-0.4, -0.2) is 45.0 Å². The average Bonchev–Trinajstić information content (AvgIpc) is 2.84. The van der Waals surface area contributed by atoms with Crippen molar-refractivity contribution in [3.05, 3.63) is 20.8 Å². The predicted octanol–water partition coefficient (Wildman–Crippen LogP) is 0.922. The van der Waals surface area contributed by atoms with Crippen molar-refractivity contribution in [1.29, 1.82) is 0 Å². The monoisotopic (exact) mass is 394 g/mol. The molecule has 0 aliphatic heterocycles. The number of rotatable bonds is 8. The molecule has 0 aliphatic carbocycles. The second kappa shape index (κ2) is 8.73. The summed E-state index contributed by atoms with van der Waals surface area (Å²) in [6, 6.07) is -0.825. The van der Waals surface area contributed by atoms with Crippen LogP contribution in [0.15, 0.2) is 10.7 Å². The Morgan fingerprint density at radius 1 is 1.64 bits per heavy atom. The summed E-state index contributed by atoms with van der Waals surface area (Å²) in [5.74, 6) is -1.16. The lowest BCUT2D eigenvalue weighted by Crippen LogP contribution is -2.43. The molecule has 0 aliphatic rings. The Kier molecular flexibility index (Phi) is 7.32. The van der Waals surface area contributed by atoms with Gasteiger partial charge in [0.2, 0.25) is 5.91 Å². The molecule has 1 amide bonds. The Bertz CT molecular complexity index is 565. The molecular formula is C11H15BrN4O5S. The van der Waals surface area contributed by atoms with Gasteiger partial charge in [-0.25, -0.2) is 4.79 Å². The van der Waals surface area contributed by atoms with Gasteiger partial charge in [-0.1, -0.05) is 0 Å². The van der Waals surface area contributed by atoms with E-state index in [4.69, 9.17) is 4.74 Å². The quantitative estimate of drug-likeness (QED) is 0.293. The first-order valence-corrected chi connectivity index (χ1v) is 7.75. The van der Waals surface area contributed by atoms with Crippen LogP contribution in [0.5, 0.6) is 0 Å². The van der Waals surface area contributed by atoms with Crippen LogP contribution in [0.3, 0.4) is 0 Å². The molecule has 0 spiro atoms. The third-order valence-electron chi connectivity index (χ3n) is 2.53. The zero-order chi connectivity index (χ0) is 16.7. The van der Waals surface area contributed by atoms with E-state index in [-0.39, 0.29) is 35.6 Å². The van der Waals surface area contributed by atoms with Crippen molar-refractivity contribution in [1.82, 2.24) is 15.1 Å². The van der Waals surface area contributed by atoms with Crippen LogP contribution in [-0.2, 0) is 20.9 Å². The molecule has 1 atom stereocenters. The van der Waals surface area contributed by atoms with Crippen molar-refractivity contribution in [2.24, 2.45) is 0 Å². The van der Waals surface area contributed by atoms with E-state index >= 15 is 0 Å². The van der Waals surface area contributed by atoms with Crippen molar-refractivity contribution in [3.8, 4) is 0 Å². The molecular weight excluding hydrogens is 380 g/mol. The lowest BCUT2D eigenvalue weighted by atomic mass is 10.3. The molecule has 0 fully saturated rings. The number of hydrogen-bond donors (Lipinski definition) is 2. The summed E-state index contributed by atoms with van der Waals surface area (Å²) in [6.07, 6.45) is 1.42. The molecule has 11 heteroatoms. The Balaban J connectivity index is 2.53. The maximum Gasteiger partial charge on any atom is 0.404 e. The molecule has 122 valence electrons. The van der Waals surface area contributed by atoms with Gasteiger partial charge in [-0.2, -0.15) is 17.3 Å². The van der Waals surface area contributed by atoms with Crippen LogP contribution in [0.1, 0.15) is 13.3 Å². The molecule has 0 aromatic carbocycles. The van der Waals surface area contributed by atoms with Gasteiger partial charge in [-0.15, -0.1) is 0 Å². The summed E-state index contributed by atoms with van der Waals surface area (Å²) in [5, 5.41) is 16.9. The topological polar surface area (TPSA) is 116 Å². The van der Waals surface area contributed by atoms with Gasteiger partial charge in [0.1, 0.15) is 10.5 Å². The first-order chi connectivity index (χ1) is 10.4. The van der Waals surface area contributed by atoms with E-state index < -0.39 is 22.8 Å². The molecule has 0 unspecified atom stereocenters. The molecule has 1 rings (SSSR count). The van der Waals surface area contributed by atoms with Crippen LogP contribution < -0.4 is 5.32 Å². The predicted molar refractivity (Wildman–Crippen MR) is 83.6 cm³/mol. The molecule has 0 saturated carbocycles. The van der Waals surface area contributed by atoms with Gasteiger partial charge in [0.05, 0.1) is 24.4 Å². The largest absolute Gasteiger partial charge is 0.464 e. The molecule has 1 aromatic rings. The summed E-state index contributed by atoms with van der Waals surface area (Å²) < 4.78 is 6.32. The fourth-order valence-corrected chi connectivity index (χ4v) is 2.23. The molecule has 0 bridgehead atoms. The smallest absolute Gasteiger partial charge is 0.404 e. The van der Waals surface area contributed by atoms with Crippen molar-refractivity contribution in [3.63, 3.8) is 0 Å². The SMILES string of the molecule is CCOC(=O)[C@H](CS)NC(=O)CCn1cc(Br)c([N+](=O)[O-])n1.